The fourth-order valence-corrected chi connectivity index (χ4v) is 1.27. The van der Waals surface area contributed by atoms with E-state index in [1.807, 2.05) is 0 Å². The highest BCUT2D eigenvalue weighted by Gasteiger charge is 2.18. The summed E-state index contributed by atoms with van der Waals surface area (Å²) in [5.41, 5.74) is 0.0640. The Morgan fingerprint density at radius 1 is 1.33 bits per heavy atom. The number of hydrogen-bond acceptors (Lipinski definition) is 2. The molecule has 0 aliphatic heterocycles. The third kappa shape index (κ3) is 1.53. The van der Waals surface area contributed by atoms with Crippen molar-refractivity contribution in [3.63, 3.8) is 0 Å². The molecule has 0 saturated heterocycles. The maximum absolute atomic E-state index is 10.9. The van der Waals surface area contributed by atoms with Gasteiger partial charge in [0.2, 0.25) is 0 Å². The number of carbonyl (C=O) groups excluding carboxylic acids is 1. The van der Waals surface area contributed by atoms with Crippen LogP contribution in [-0.2, 0) is 4.74 Å². The summed E-state index contributed by atoms with van der Waals surface area (Å²) in [5, 5.41) is 0.328. The largest absolute Gasteiger partial charge is 0.464 e. The van der Waals surface area contributed by atoms with E-state index >= 15 is 0 Å². The summed E-state index contributed by atoms with van der Waals surface area (Å²) in [6.45, 7) is 0. The number of H-pyrrole nitrogens is 1. The van der Waals surface area contributed by atoms with E-state index in [2.05, 4.69) is 9.72 Å². The predicted molar refractivity (Wildman–Crippen MR) is 47.2 cm³/mol. The Morgan fingerprint density at radius 2 is 1.92 bits per heavy atom. The van der Waals surface area contributed by atoms with Gasteiger partial charge in [0.05, 0.1) is 17.2 Å². The van der Waals surface area contributed by atoms with Gasteiger partial charge >= 0.3 is 5.97 Å². The number of rotatable bonds is 1. The molecule has 0 aliphatic rings. The molecule has 0 bridgehead atoms. The Morgan fingerprint density at radius 3 is 2.25 bits per heavy atom. The lowest BCUT2D eigenvalue weighted by Gasteiger charge is -1.94. The van der Waals surface area contributed by atoms with E-state index in [0.717, 1.165) is 0 Å². The quantitative estimate of drug-likeness (QED) is 0.751. The molecule has 0 fully saturated rings. The molecule has 1 aromatic heterocycles. The first-order valence-electron chi connectivity index (χ1n) is 2.88. The molecule has 0 atom stereocenters. The second-order valence-corrected chi connectivity index (χ2v) is 3.07. The van der Waals surface area contributed by atoms with E-state index in [9.17, 15) is 4.79 Å². The van der Waals surface area contributed by atoms with Gasteiger partial charge in [-0.15, -0.1) is 0 Å². The first-order valence-corrected chi connectivity index (χ1v) is 4.02. The molecular formula is C6H4Cl3NO2. The minimum atomic E-state index is -0.603. The van der Waals surface area contributed by atoms with E-state index < -0.39 is 5.97 Å². The smallest absolute Gasteiger partial charge is 0.356 e. The molecule has 1 heterocycles. The SMILES string of the molecule is COC(=O)c1[nH]c(Cl)c(Cl)c1Cl. The zero-order valence-electron chi connectivity index (χ0n) is 5.95. The second-order valence-electron chi connectivity index (χ2n) is 1.93. The number of halogens is 3. The molecule has 0 radical (unpaired) electrons. The number of carbonyl (C=O) groups is 1. The molecule has 0 saturated carbocycles. The maximum atomic E-state index is 10.9. The van der Waals surface area contributed by atoms with Crippen LogP contribution >= 0.6 is 34.8 Å². The van der Waals surface area contributed by atoms with Gasteiger partial charge in [0.25, 0.3) is 0 Å². The third-order valence-corrected chi connectivity index (χ3v) is 2.46. The van der Waals surface area contributed by atoms with E-state index in [1.54, 1.807) is 0 Å². The van der Waals surface area contributed by atoms with Crippen molar-refractivity contribution < 1.29 is 9.53 Å². The monoisotopic (exact) mass is 227 g/mol. The second kappa shape index (κ2) is 3.56. The summed E-state index contributed by atoms with van der Waals surface area (Å²) in [6.07, 6.45) is 0. The summed E-state index contributed by atoms with van der Waals surface area (Å²) in [7, 11) is 1.24. The summed E-state index contributed by atoms with van der Waals surface area (Å²) < 4.78 is 4.41. The summed E-state index contributed by atoms with van der Waals surface area (Å²) >= 11 is 16.8. The third-order valence-electron chi connectivity index (χ3n) is 1.23. The van der Waals surface area contributed by atoms with Crippen LogP contribution in [0.4, 0.5) is 0 Å². The number of methoxy groups -OCH3 is 1. The van der Waals surface area contributed by atoms with Crippen molar-refractivity contribution in [3.8, 4) is 0 Å². The van der Waals surface area contributed by atoms with Gasteiger partial charge in [0.15, 0.2) is 0 Å². The molecule has 0 amide bonds. The molecule has 1 N–H and O–H groups in total. The number of esters is 1. The molecule has 12 heavy (non-hydrogen) atoms. The number of aromatic amines is 1. The van der Waals surface area contributed by atoms with Crippen molar-refractivity contribution >= 4 is 40.8 Å². The van der Waals surface area contributed by atoms with Gasteiger partial charge in [-0.25, -0.2) is 4.79 Å². The highest BCUT2D eigenvalue weighted by atomic mass is 35.5. The normalized spacial score (nSPS) is 10.0. The van der Waals surface area contributed by atoms with Crippen LogP contribution in [0.15, 0.2) is 0 Å². The standard InChI is InChI=1S/C6H4Cl3NO2/c1-12-6(11)4-2(7)3(8)5(9)10-4/h10H,1H3. The van der Waals surface area contributed by atoms with Crippen molar-refractivity contribution in [1.29, 1.82) is 0 Å². The van der Waals surface area contributed by atoms with Gasteiger partial charge < -0.3 is 9.72 Å². The molecular weight excluding hydrogens is 224 g/mol. The molecule has 0 aliphatic carbocycles. The number of aromatic nitrogens is 1. The Bertz CT molecular complexity index is 321. The molecule has 1 aromatic rings. The van der Waals surface area contributed by atoms with Crippen molar-refractivity contribution in [1.82, 2.24) is 4.98 Å². The first kappa shape index (κ1) is 9.71. The zero-order chi connectivity index (χ0) is 9.30. The van der Waals surface area contributed by atoms with Crippen molar-refractivity contribution in [2.75, 3.05) is 7.11 Å². The number of ether oxygens (including phenoxy) is 1. The Labute approximate surface area is 83.6 Å². The average molecular weight is 228 g/mol. The van der Waals surface area contributed by atoms with E-state index in [1.165, 1.54) is 7.11 Å². The lowest BCUT2D eigenvalue weighted by molar-refractivity contribution is 0.0595. The zero-order valence-corrected chi connectivity index (χ0v) is 8.22. The minimum absolute atomic E-state index is 0.0640. The molecule has 6 heteroatoms. The first-order chi connectivity index (χ1) is 5.57. The summed E-state index contributed by atoms with van der Waals surface area (Å²) in [6, 6.07) is 0. The minimum Gasteiger partial charge on any atom is -0.464 e. The molecule has 3 nitrogen and oxygen atoms in total. The van der Waals surface area contributed by atoms with Crippen LogP contribution in [0, 0.1) is 0 Å². The van der Waals surface area contributed by atoms with E-state index in [4.69, 9.17) is 34.8 Å². The fraction of sp³-hybridized carbons (Fsp3) is 0.167. The maximum Gasteiger partial charge on any atom is 0.356 e. The highest BCUT2D eigenvalue weighted by Crippen LogP contribution is 2.32. The van der Waals surface area contributed by atoms with Crippen LogP contribution in [0.3, 0.4) is 0 Å². The fourth-order valence-electron chi connectivity index (χ4n) is 0.668. The molecule has 0 unspecified atom stereocenters. The van der Waals surface area contributed by atoms with Crippen molar-refractivity contribution in [3.05, 3.63) is 20.9 Å². The van der Waals surface area contributed by atoms with Crippen LogP contribution in [0.5, 0.6) is 0 Å². The van der Waals surface area contributed by atoms with Crippen LogP contribution in [-0.4, -0.2) is 18.1 Å². The van der Waals surface area contributed by atoms with Crippen molar-refractivity contribution in [2.24, 2.45) is 0 Å². The van der Waals surface area contributed by atoms with E-state index in [0.29, 0.717) is 0 Å². The van der Waals surface area contributed by atoms with Gasteiger partial charge in [0, 0.05) is 0 Å². The lowest BCUT2D eigenvalue weighted by atomic mass is 10.4. The highest BCUT2D eigenvalue weighted by molar-refractivity contribution is 6.49. The van der Waals surface area contributed by atoms with Crippen LogP contribution in [0.1, 0.15) is 10.5 Å². The Kier molecular flexibility index (Phi) is 2.88. The number of hydrogen-bond donors (Lipinski definition) is 1. The van der Waals surface area contributed by atoms with E-state index in [-0.39, 0.29) is 20.9 Å². The number of nitrogens with one attached hydrogen (secondary N) is 1. The summed E-state index contributed by atoms with van der Waals surface area (Å²) in [5.74, 6) is -0.603. The molecule has 0 spiro atoms. The van der Waals surface area contributed by atoms with Crippen LogP contribution in [0.25, 0.3) is 0 Å². The Hall–Kier alpha value is -0.380. The summed E-state index contributed by atoms with van der Waals surface area (Å²) in [4.78, 5) is 13.4. The van der Waals surface area contributed by atoms with Gasteiger partial charge in [-0.05, 0) is 0 Å². The molecule has 66 valence electrons. The van der Waals surface area contributed by atoms with Crippen molar-refractivity contribution in [2.45, 2.75) is 0 Å². The molecule has 0 aromatic carbocycles. The molecule has 1 rings (SSSR count). The van der Waals surface area contributed by atoms with Gasteiger partial charge in [-0.3, -0.25) is 0 Å². The van der Waals surface area contributed by atoms with Gasteiger partial charge in [0.1, 0.15) is 10.8 Å². The predicted octanol–water partition coefficient (Wildman–Crippen LogP) is 2.76. The topological polar surface area (TPSA) is 42.1 Å². The van der Waals surface area contributed by atoms with Gasteiger partial charge in [-0.2, -0.15) is 0 Å². The van der Waals surface area contributed by atoms with Gasteiger partial charge in [-0.1, -0.05) is 34.8 Å². The Balaban J connectivity index is 3.17. The average Bonchev–Trinajstić information content (AvgIpc) is 2.32. The lowest BCUT2D eigenvalue weighted by Crippen LogP contribution is -2.01. The van der Waals surface area contributed by atoms with Crippen LogP contribution < -0.4 is 0 Å². The van der Waals surface area contributed by atoms with Crippen LogP contribution in [0.2, 0.25) is 15.2 Å².